The highest BCUT2D eigenvalue weighted by atomic mass is 19.1. The molecular formula is C21H23FN6O. The van der Waals surface area contributed by atoms with Crippen LogP contribution in [0.5, 0.6) is 0 Å². The van der Waals surface area contributed by atoms with Gasteiger partial charge in [-0.15, -0.1) is 10.2 Å². The van der Waals surface area contributed by atoms with E-state index in [9.17, 15) is 9.18 Å². The van der Waals surface area contributed by atoms with Gasteiger partial charge in [0.1, 0.15) is 11.6 Å². The zero-order chi connectivity index (χ0) is 20.5. The third kappa shape index (κ3) is 3.96. The van der Waals surface area contributed by atoms with E-state index in [1.54, 1.807) is 15.6 Å². The molecule has 0 aliphatic carbocycles. The summed E-state index contributed by atoms with van der Waals surface area (Å²) < 4.78 is 15.5. The van der Waals surface area contributed by atoms with E-state index in [1.807, 2.05) is 32.0 Å². The van der Waals surface area contributed by atoms with E-state index in [4.69, 9.17) is 0 Å². The molecule has 1 aliphatic heterocycles. The van der Waals surface area contributed by atoms with E-state index in [0.717, 1.165) is 22.5 Å². The van der Waals surface area contributed by atoms with E-state index in [0.29, 0.717) is 31.1 Å². The van der Waals surface area contributed by atoms with Crippen LogP contribution in [0.2, 0.25) is 0 Å². The molecular weight excluding hydrogens is 371 g/mol. The molecule has 3 heterocycles. The Balaban J connectivity index is 1.59. The first-order valence-electron chi connectivity index (χ1n) is 9.58. The number of amides is 1. The predicted octanol–water partition coefficient (Wildman–Crippen LogP) is 3.32. The summed E-state index contributed by atoms with van der Waals surface area (Å²) in [5.74, 6) is 0.941. The molecule has 2 aromatic heterocycles. The van der Waals surface area contributed by atoms with Gasteiger partial charge in [0.15, 0.2) is 5.82 Å². The summed E-state index contributed by atoms with van der Waals surface area (Å²) in [6, 6.07) is 10.3. The molecule has 1 unspecified atom stereocenters. The summed E-state index contributed by atoms with van der Waals surface area (Å²) in [7, 11) is 0. The molecule has 0 saturated heterocycles. The van der Waals surface area contributed by atoms with E-state index in [1.165, 1.54) is 19.1 Å². The number of anilines is 1. The molecule has 7 nitrogen and oxygen atoms in total. The Labute approximate surface area is 168 Å². The highest BCUT2D eigenvalue weighted by molar-refractivity contribution is 5.73. The van der Waals surface area contributed by atoms with Crippen LogP contribution in [0, 0.1) is 19.7 Å². The van der Waals surface area contributed by atoms with E-state index >= 15 is 0 Å². The first kappa shape index (κ1) is 19.0. The number of nitrogens with one attached hydrogen (secondary N) is 1. The SMILES string of the molecule is CC(=O)N1CCC(Nc2ccc(-n3nc(C)cc3C)nn2)c2ccc(F)cc2C1. The molecule has 0 fully saturated rings. The minimum absolute atomic E-state index is 0.0186. The van der Waals surface area contributed by atoms with Crippen molar-refractivity contribution in [3.63, 3.8) is 0 Å². The number of aryl methyl sites for hydroxylation is 2. The van der Waals surface area contributed by atoms with Crippen LogP contribution >= 0.6 is 0 Å². The molecule has 1 aromatic carbocycles. The molecule has 4 rings (SSSR count). The number of benzene rings is 1. The number of hydrogen-bond donors (Lipinski definition) is 1. The summed E-state index contributed by atoms with van der Waals surface area (Å²) >= 11 is 0. The second-order valence-corrected chi connectivity index (χ2v) is 7.38. The third-order valence-corrected chi connectivity index (χ3v) is 5.17. The average Bonchev–Trinajstić information content (AvgIpc) is 2.91. The van der Waals surface area contributed by atoms with Gasteiger partial charge >= 0.3 is 0 Å². The second-order valence-electron chi connectivity index (χ2n) is 7.38. The number of halogens is 1. The Kier molecular flexibility index (Phi) is 5.00. The van der Waals surface area contributed by atoms with Gasteiger partial charge in [-0.2, -0.15) is 5.10 Å². The van der Waals surface area contributed by atoms with Gasteiger partial charge in [0.05, 0.1) is 11.7 Å². The fourth-order valence-electron chi connectivity index (χ4n) is 3.75. The zero-order valence-corrected chi connectivity index (χ0v) is 16.7. The molecule has 29 heavy (non-hydrogen) atoms. The minimum Gasteiger partial charge on any atom is -0.362 e. The third-order valence-electron chi connectivity index (χ3n) is 5.17. The first-order valence-corrected chi connectivity index (χ1v) is 9.58. The van der Waals surface area contributed by atoms with Crippen molar-refractivity contribution < 1.29 is 9.18 Å². The van der Waals surface area contributed by atoms with E-state index in [-0.39, 0.29) is 17.8 Å². The van der Waals surface area contributed by atoms with Gasteiger partial charge in [-0.05, 0) is 61.7 Å². The number of fused-ring (bicyclic) bond motifs is 1. The highest BCUT2D eigenvalue weighted by Gasteiger charge is 2.24. The van der Waals surface area contributed by atoms with Gasteiger partial charge in [-0.25, -0.2) is 9.07 Å². The van der Waals surface area contributed by atoms with Crippen molar-refractivity contribution in [2.24, 2.45) is 0 Å². The molecule has 0 spiro atoms. The molecule has 1 aliphatic rings. The molecule has 0 saturated carbocycles. The van der Waals surface area contributed by atoms with Crippen LogP contribution in [0.3, 0.4) is 0 Å². The van der Waals surface area contributed by atoms with Crippen LogP contribution in [0.25, 0.3) is 5.82 Å². The summed E-state index contributed by atoms with van der Waals surface area (Å²) in [5.41, 5.74) is 3.69. The lowest BCUT2D eigenvalue weighted by atomic mass is 9.99. The number of rotatable bonds is 3. The molecule has 150 valence electrons. The quantitative estimate of drug-likeness (QED) is 0.738. The summed E-state index contributed by atoms with van der Waals surface area (Å²) in [5, 5.41) is 16.4. The maximum Gasteiger partial charge on any atom is 0.219 e. The van der Waals surface area contributed by atoms with Crippen LogP contribution in [-0.2, 0) is 11.3 Å². The molecule has 0 bridgehead atoms. The Bertz CT molecular complexity index is 1050. The van der Waals surface area contributed by atoms with Gasteiger partial charge < -0.3 is 10.2 Å². The molecule has 1 atom stereocenters. The van der Waals surface area contributed by atoms with Crippen molar-refractivity contribution in [1.82, 2.24) is 24.9 Å². The van der Waals surface area contributed by atoms with Crippen molar-refractivity contribution >= 4 is 11.7 Å². The topological polar surface area (TPSA) is 75.9 Å². The van der Waals surface area contributed by atoms with Gasteiger partial charge in [-0.3, -0.25) is 4.79 Å². The minimum atomic E-state index is -0.304. The molecule has 3 aromatic rings. The number of aromatic nitrogens is 4. The van der Waals surface area contributed by atoms with Crippen molar-refractivity contribution in [3.8, 4) is 5.82 Å². The maximum atomic E-state index is 13.8. The fraction of sp³-hybridized carbons (Fsp3) is 0.333. The van der Waals surface area contributed by atoms with Gasteiger partial charge in [0.2, 0.25) is 5.91 Å². The average molecular weight is 394 g/mol. The van der Waals surface area contributed by atoms with Gasteiger partial charge in [0.25, 0.3) is 0 Å². The predicted molar refractivity (Wildman–Crippen MR) is 107 cm³/mol. The second kappa shape index (κ2) is 7.62. The van der Waals surface area contributed by atoms with Crippen LogP contribution < -0.4 is 5.32 Å². The first-order chi connectivity index (χ1) is 13.9. The standard InChI is InChI=1S/C21H23FN6O/c1-13-10-14(2)28(26-13)21-7-6-20(24-25-21)23-19-8-9-27(15(3)29)12-16-11-17(22)4-5-18(16)19/h4-7,10-11,19H,8-9,12H2,1-3H3,(H,23,24). The Morgan fingerprint density at radius 2 is 2.00 bits per heavy atom. The fourth-order valence-corrected chi connectivity index (χ4v) is 3.75. The lowest BCUT2D eigenvalue weighted by Crippen LogP contribution is -2.28. The van der Waals surface area contributed by atoms with Crippen molar-refractivity contribution in [2.45, 2.75) is 39.8 Å². The van der Waals surface area contributed by atoms with Crippen molar-refractivity contribution in [3.05, 3.63) is 64.7 Å². The maximum absolute atomic E-state index is 13.8. The summed E-state index contributed by atoms with van der Waals surface area (Å²) in [6.45, 7) is 6.43. The molecule has 1 N–H and O–H groups in total. The van der Waals surface area contributed by atoms with Crippen molar-refractivity contribution in [1.29, 1.82) is 0 Å². The Morgan fingerprint density at radius 1 is 1.17 bits per heavy atom. The Morgan fingerprint density at radius 3 is 2.66 bits per heavy atom. The van der Waals surface area contributed by atoms with E-state index in [2.05, 4.69) is 20.6 Å². The van der Waals surface area contributed by atoms with Crippen LogP contribution in [-0.4, -0.2) is 37.3 Å². The van der Waals surface area contributed by atoms with Crippen molar-refractivity contribution in [2.75, 3.05) is 11.9 Å². The van der Waals surface area contributed by atoms with Crippen LogP contribution in [0.4, 0.5) is 10.2 Å². The highest BCUT2D eigenvalue weighted by Crippen LogP contribution is 2.30. The smallest absolute Gasteiger partial charge is 0.219 e. The summed E-state index contributed by atoms with van der Waals surface area (Å²) in [6.07, 6.45) is 0.694. The van der Waals surface area contributed by atoms with Crippen LogP contribution in [0.15, 0.2) is 36.4 Å². The van der Waals surface area contributed by atoms with Gasteiger partial charge in [0, 0.05) is 25.7 Å². The molecule has 8 heteroatoms. The number of carbonyl (C=O) groups excluding carboxylic acids is 1. The molecule has 1 amide bonds. The summed E-state index contributed by atoms with van der Waals surface area (Å²) in [4.78, 5) is 13.6. The monoisotopic (exact) mass is 394 g/mol. The molecule has 0 radical (unpaired) electrons. The lowest BCUT2D eigenvalue weighted by molar-refractivity contribution is -0.129. The number of carbonyl (C=O) groups is 1. The Hall–Kier alpha value is -3.29. The van der Waals surface area contributed by atoms with Crippen LogP contribution in [0.1, 0.15) is 41.9 Å². The zero-order valence-electron chi connectivity index (χ0n) is 16.7. The van der Waals surface area contributed by atoms with Gasteiger partial charge in [-0.1, -0.05) is 6.07 Å². The number of hydrogen-bond acceptors (Lipinski definition) is 5. The largest absolute Gasteiger partial charge is 0.362 e. The normalized spacial score (nSPS) is 16.3. The lowest BCUT2D eigenvalue weighted by Gasteiger charge is -2.20. The van der Waals surface area contributed by atoms with E-state index < -0.39 is 0 Å². The number of nitrogens with zero attached hydrogens (tertiary/aromatic N) is 5.